The number of aromatic nitrogens is 3. The molecular weight excluding hydrogens is 715 g/mol. The molecule has 0 N–H and O–H groups in total. The first-order valence-electron chi connectivity index (χ1n) is 20.5. The maximum Gasteiger partial charge on any atom is 0.0627 e. The van der Waals surface area contributed by atoms with E-state index in [1.165, 1.54) is 136 Å². The molecule has 0 aliphatic carbocycles. The van der Waals surface area contributed by atoms with E-state index in [1.807, 2.05) is 0 Å². The predicted molar refractivity (Wildman–Crippen MR) is 251 cm³/mol. The minimum absolute atomic E-state index is 1.17. The third-order valence-corrected chi connectivity index (χ3v) is 13.6. The molecule has 0 aliphatic rings. The normalized spacial score (nSPS) is 12.7. The van der Waals surface area contributed by atoms with E-state index in [0.29, 0.717) is 0 Å². The molecule has 0 unspecified atom stereocenters. The summed E-state index contributed by atoms with van der Waals surface area (Å²) in [5.41, 5.74) is 13.7. The van der Waals surface area contributed by atoms with Crippen molar-refractivity contribution in [1.82, 2.24) is 13.4 Å². The van der Waals surface area contributed by atoms with Crippen LogP contribution in [0.4, 0.5) is 0 Å². The van der Waals surface area contributed by atoms with Gasteiger partial charge in [0.25, 0.3) is 0 Å². The Hall–Kier alpha value is -7.88. The molecule has 0 spiro atoms. The molecule has 3 heteroatoms. The van der Waals surface area contributed by atoms with Crippen molar-refractivity contribution in [2.75, 3.05) is 0 Å². The number of fused-ring (bicyclic) bond motifs is 19. The fourth-order valence-corrected chi connectivity index (χ4v) is 11.3. The standard InChI is InChI=1S/C56H31N3/c1-2-14-35(15-3-1)57-48-23-9-8-18-39(48)44-28-34(25-27-49(44)57)38-19-10-22-43-52-36-16-6-5-13-33(36)29-47-46-31-50-45(30-51(46)59(54(38)43)56(47)52)41-21-11-20-40-42-26-24-32-12-4-7-17-37(32)53(42)58(50)55(40)41/h1-31H. The zero-order valence-electron chi connectivity index (χ0n) is 31.7. The average Bonchev–Trinajstić information content (AvgIpc) is 4.08. The van der Waals surface area contributed by atoms with Gasteiger partial charge in [-0.2, -0.15) is 0 Å². The van der Waals surface area contributed by atoms with Crippen LogP contribution >= 0.6 is 0 Å². The Morgan fingerprint density at radius 3 is 1.73 bits per heavy atom. The van der Waals surface area contributed by atoms with Gasteiger partial charge < -0.3 is 13.4 Å². The molecule has 5 aromatic heterocycles. The van der Waals surface area contributed by atoms with E-state index in [9.17, 15) is 0 Å². The number of rotatable bonds is 2. The third kappa shape index (κ3) is 3.62. The van der Waals surface area contributed by atoms with Gasteiger partial charge in [0.1, 0.15) is 0 Å². The zero-order chi connectivity index (χ0) is 38.1. The van der Waals surface area contributed by atoms with Gasteiger partial charge in [-0.15, -0.1) is 0 Å². The molecule has 15 aromatic rings. The first-order chi connectivity index (χ1) is 29.3. The Balaban J connectivity index is 1.11. The van der Waals surface area contributed by atoms with E-state index in [1.54, 1.807) is 0 Å². The van der Waals surface area contributed by atoms with Crippen LogP contribution < -0.4 is 0 Å². The van der Waals surface area contributed by atoms with Crippen molar-refractivity contribution in [3.05, 3.63) is 188 Å². The SMILES string of the molecule is c1ccc(-n2c3ccccc3c3cc(-c4cccc5c6c7ccccc7cc7c8cc9c(cc8n(c45)c76)c4cccc5c6ccc7ccccc7c6n9c45)ccc32)cc1. The summed E-state index contributed by atoms with van der Waals surface area (Å²) in [6.07, 6.45) is 0. The van der Waals surface area contributed by atoms with Gasteiger partial charge in [0.05, 0.1) is 44.1 Å². The summed E-state index contributed by atoms with van der Waals surface area (Å²) >= 11 is 0. The van der Waals surface area contributed by atoms with Crippen molar-refractivity contribution >= 4 is 120 Å². The lowest BCUT2D eigenvalue weighted by molar-refractivity contribution is 1.18. The molecule has 59 heavy (non-hydrogen) atoms. The first-order valence-corrected chi connectivity index (χ1v) is 20.5. The van der Waals surface area contributed by atoms with Crippen LogP contribution in [0.15, 0.2) is 188 Å². The van der Waals surface area contributed by atoms with E-state index in [4.69, 9.17) is 0 Å². The minimum Gasteiger partial charge on any atom is -0.309 e. The molecule has 0 radical (unpaired) electrons. The Bertz CT molecular complexity index is 4290. The van der Waals surface area contributed by atoms with Crippen molar-refractivity contribution in [2.45, 2.75) is 0 Å². The van der Waals surface area contributed by atoms with Crippen molar-refractivity contribution in [2.24, 2.45) is 0 Å². The highest BCUT2D eigenvalue weighted by Crippen LogP contribution is 2.49. The van der Waals surface area contributed by atoms with Gasteiger partial charge >= 0.3 is 0 Å². The van der Waals surface area contributed by atoms with Crippen LogP contribution in [0.3, 0.4) is 0 Å². The van der Waals surface area contributed by atoms with Gasteiger partial charge in [0.2, 0.25) is 0 Å². The number of para-hydroxylation sites is 4. The largest absolute Gasteiger partial charge is 0.309 e. The summed E-state index contributed by atoms with van der Waals surface area (Å²) in [4.78, 5) is 0. The van der Waals surface area contributed by atoms with Gasteiger partial charge in [0, 0.05) is 70.5 Å². The fourth-order valence-electron chi connectivity index (χ4n) is 11.3. The molecule has 0 atom stereocenters. The smallest absolute Gasteiger partial charge is 0.0627 e. The molecule has 0 bridgehead atoms. The van der Waals surface area contributed by atoms with Crippen molar-refractivity contribution < 1.29 is 0 Å². The summed E-state index contributed by atoms with van der Waals surface area (Å²) in [7, 11) is 0. The number of nitrogens with zero attached hydrogens (tertiary/aromatic N) is 3. The Morgan fingerprint density at radius 1 is 0.271 bits per heavy atom. The van der Waals surface area contributed by atoms with E-state index in [0.717, 1.165) is 0 Å². The van der Waals surface area contributed by atoms with E-state index < -0.39 is 0 Å². The van der Waals surface area contributed by atoms with E-state index >= 15 is 0 Å². The molecule has 0 amide bonds. The number of hydrogen-bond donors (Lipinski definition) is 0. The van der Waals surface area contributed by atoms with Crippen LogP contribution in [-0.4, -0.2) is 13.4 Å². The average molecular weight is 746 g/mol. The first kappa shape index (κ1) is 30.3. The van der Waals surface area contributed by atoms with Gasteiger partial charge in [-0.1, -0.05) is 140 Å². The summed E-state index contributed by atoms with van der Waals surface area (Å²) in [6.45, 7) is 0. The quantitative estimate of drug-likeness (QED) is 0.167. The number of benzene rings is 10. The van der Waals surface area contributed by atoms with E-state index in [-0.39, 0.29) is 0 Å². The molecule has 270 valence electrons. The van der Waals surface area contributed by atoms with Crippen LogP contribution in [0.2, 0.25) is 0 Å². The van der Waals surface area contributed by atoms with Crippen molar-refractivity contribution in [3.8, 4) is 16.8 Å². The highest BCUT2D eigenvalue weighted by molar-refractivity contribution is 6.35. The van der Waals surface area contributed by atoms with Gasteiger partial charge in [0.15, 0.2) is 0 Å². The van der Waals surface area contributed by atoms with E-state index in [2.05, 4.69) is 201 Å². The Labute approximate surface area is 336 Å². The second-order valence-electron chi connectivity index (χ2n) is 16.4. The maximum atomic E-state index is 2.61. The molecule has 0 saturated carbocycles. The fraction of sp³-hybridized carbons (Fsp3) is 0. The summed E-state index contributed by atoms with van der Waals surface area (Å²) in [5.74, 6) is 0. The zero-order valence-corrected chi connectivity index (χ0v) is 31.7. The Morgan fingerprint density at radius 2 is 0.864 bits per heavy atom. The molecule has 5 heterocycles. The lowest BCUT2D eigenvalue weighted by atomic mass is 9.97. The summed E-state index contributed by atoms with van der Waals surface area (Å²) in [5, 5.41) is 18.1. The molecule has 15 rings (SSSR count). The predicted octanol–water partition coefficient (Wildman–Crippen LogP) is 15.1. The lowest BCUT2D eigenvalue weighted by Gasteiger charge is -2.09. The van der Waals surface area contributed by atoms with Crippen LogP contribution in [-0.2, 0) is 0 Å². The molecule has 0 aliphatic heterocycles. The second-order valence-corrected chi connectivity index (χ2v) is 16.4. The molecule has 3 nitrogen and oxygen atoms in total. The molecule has 0 fully saturated rings. The molecule has 0 saturated heterocycles. The topological polar surface area (TPSA) is 13.8 Å². The van der Waals surface area contributed by atoms with Crippen molar-refractivity contribution in [1.29, 1.82) is 0 Å². The van der Waals surface area contributed by atoms with Crippen LogP contribution in [0.1, 0.15) is 0 Å². The number of hydrogen-bond acceptors (Lipinski definition) is 0. The van der Waals surface area contributed by atoms with Crippen LogP contribution in [0, 0.1) is 0 Å². The molecular formula is C56H31N3. The highest BCUT2D eigenvalue weighted by Gasteiger charge is 2.25. The lowest BCUT2D eigenvalue weighted by Crippen LogP contribution is -1.93. The highest BCUT2D eigenvalue weighted by atomic mass is 15.0. The van der Waals surface area contributed by atoms with Gasteiger partial charge in [-0.3, -0.25) is 0 Å². The van der Waals surface area contributed by atoms with Crippen molar-refractivity contribution in [3.63, 3.8) is 0 Å². The second kappa shape index (κ2) is 10.5. The minimum atomic E-state index is 1.17. The monoisotopic (exact) mass is 745 g/mol. The molecule has 10 aromatic carbocycles. The summed E-state index contributed by atoms with van der Waals surface area (Å²) < 4.78 is 7.57. The maximum absolute atomic E-state index is 2.61. The summed E-state index contributed by atoms with van der Waals surface area (Å²) in [6, 6.07) is 70.3. The van der Waals surface area contributed by atoms with Crippen LogP contribution in [0.25, 0.3) is 136 Å². The Kier molecular flexibility index (Phi) is 5.41. The third-order valence-electron chi connectivity index (χ3n) is 13.6. The van der Waals surface area contributed by atoms with Gasteiger partial charge in [-0.05, 0) is 70.3 Å². The van der Waals surface area contributed by atoms with Crippen LogP contribution in [0.5, 0.6) is 0 Å². The van der Waals surface area contributed by atoms with Gasteiger partial charge in [-0.25, -0.2) is 0 Å².